The van der Waals surface area contributed by atoms with Crippen molar-refractivity contribution in [3.8, 4) is 0 Å². The molecule has 0 heterocycles. The van der Waals surface area contributed by atoms with Crippen molar-refractivity contribution in [3.05, 3.63) is 49.7 Å². The van der Waals surface area contributed by atoms with Gasteiger partial charge in [0.25, 0.3) is 0 Å². The predicted molar refractivity (Wildman–Crippen MR) is 48.2 cm³/mol. The van der Waals surface area contributed by atoms with E-state index in [0.717, 1.165) is 12.2 Å². The molecule has 0 bridgehead atoms. The predicted octanol–water partition coefficient (Wildman–Crippen LogP) is 2.52. The highest BCUT2D eigenvalue weighted by atomic mass is 16.5. The van der Waals surface area contributed by atoms with Gasteiger partial charge < -0.3 is 9.47 Å². The Morgan fingerprint density at radius 2 is 2.25 bits per heavy atom. The molecule has 0 aliphatic heterocycles. The van der Waals surface area contributed by atoms with Crippen LogP contribution in [0.5, 0.6) is 0 Å². The third-order valence-corrected chi connectivity index (χ3v) is 1.52. The van der Waals surface area contributed by atoms with Gasteiger partial charge in [-0.2, -0.15) is 0 Å². The smallest absolute Gasteiger partial charge is 0.122 e. The average molecular weight is 164 g/mol. The fourth-order valence-corrected chi connectivity index (χ4v) is 0.989. The Morgan fingerprint density at radius 1 is 1.42 bits per heavy atom. The molecule has 12 heavy (non-hydrogen) atoms. The van der Waals surface area contributed by atoms with Gasteiger partial charge in [-0.05, 0) is 18.2 Å². The van der Waals surface area contributed by atoms with Gasteiger partial charge in [0.1, 0.15) is 11.9 Å². The third-order valence-electron chi connectivity index (χ3n) is 1.52. The largest absolute Gasteiger partial charge is 0.494 e. The van der Waals surface area contributed by atoms with Gasteiger partial charge in [0.15, 0.2) is 0 Å². The van der Waals surface area contributed by atoms with Crippen LogP contribution in [0.3, 0.4) is 0 Å². The van der Waals surface area contributed by atoms with Crippen LogP contribution >= 0.6 is 0 Å². The number of hydrogen-bond acceptors (Lipinski definition) is 2. The molecule has 1 rings (SSSR count). The summed E-state index contributed by atoms with van der Waals surface area (Å²) in [4.78, 5) is 0. The summed E-state index contributed by atoms with van der Waals surface area (Å²) in [6, 6.07) is 0. The van der Waals surface area contributed by atoms with Crippen LogP contribution in [0.25, 0.3) is 0 Å². The molecule has 0 fully saturated rings. The topological polar surface area (TPSA) is 18.5 Å². The minimum absolute atomic E-state index is 0.0969. The molecule has 0 saturated carbocycles. The summed E-state index contributed by atoms with van der Waals surface area (Å²) >= 11 is 0. The van der Waals surface area contributed by atoms with E-state index >= 15 is 0 Å². The lowest BCUT2D eigenvalue weighted by atomic mass is 10.1. The minimum Gasteiger partial charge on any atom is -0.494 e. The second kappa shape index (κ2) is 4.44. The first kappa shape index (κ1) is 8.65. The molecule has 2 heteroatoms. The summed E-state index contributed by atoms with van der Waals surface area (Å²) < 4.78 is 10.2. The molecule has 64 valence electrons. The number of rotatable bonds is 4. The lowest BCUT2D eigenvalue weighted by Gasteiger charge is -2.14. The van der Waals surface area contributed by atoms with Crippen molar-refractivity contribution in [3.63, 3.8) is 0 Å². The molecule has 0 amide bonds. The van der Waals surface area contributed by atoms with Gasteiger partial charge in [-0.15, -0.1) is 0 Å². The van der Waals surface area contributed by atoms with E-state index in [-0.39, 0.29) is 6.10 Å². The van der Waals surface area contributed by atoms with E-state index in [9.17, 15) is 0 Å². The number of allylic oxidation sites excluding steroid dienone is 1. The maximum atomic E-state index is 5.16. The summed E-state index contributed by atoms with van der Waals surface area (Å²) in [7, 11) is 0. The van der Waals surface area contributed by atoms with Gasteiger partial charge in [0.2, 0.25) is 0 Å². The fourth-order valence-electron chi connectivity index (χ4n) is 0.989. The molecule has 0 aromatic heterocycles. The Bertz CT molecular complexity index is 226. The average Bonchev–Trinajstić information content (AvgIpc) is 2.09. The van der Waals surface area contributed by atoms with Gasteiger partial charge in [-0.25, -0.2) is 0 Å². The van der Waals surface area contributed by atoms with Gasteiger partial charge >= 0.3 is 0 Å². The molecule has 1 aliphatic rings. The van der Waals surface area contributed by atoms with E-state index in [4.69, 9.17) is 9.47 Å². The third kappa shape index (κ3) is 2.31. The quantitative estimate of drug-likeness (QED) is 0.594. The Labute approximate surface area is 72.5 Å². The maximum Gasteiger partial charge on any atom is 0.122 e. The standard InChI is InChI=1S/C10H12O2/c1-3-11-9-5-7-10(8-6-9)12-4-2/h3-7,10H,1-2,8H2. The van der Waals surface area contributed by atoms with Crippen LogP contribution in [-0.4, -0.2) is 6.10 Å². The van der Waals surface area contributed by atoms with Crippen LogP contribution in [0.4, 0.5) is 0 Å². The van der Waals surface area contributed by atoms with E-state index < -0.39 is 0 Å². The minimum atomic E-state index is 0.0969. The van der Waals surface area contributed by atoms with Crippen LogP contribution in [0, 0.1) is 0 Å². The van der Waals surface area contributed by atoms with Gasteiger partial charge in [-0.1, -0.05) is 13.2 Å². The highest BCUT2D eigenvalue weighted by molar-refractivity contribution is 5.19. The van der Waals surface area contributed by atoms with E-state index in [0.29, 0.717) is 0 Å². The van der Waals surface area contributed by atoms with Gasteiger partial charge in [0, 0.05) is 6.42 Å². The Morgan fingerprint density at radius 3 is 2.75 bits per heavy atom. The number of hydrogen-bond donors (Lipinski definition) is 0. The summed E-state index contributed by atoms with van der Waals surface area (Å²) in [5.41, 5.74) is 0. The normalized spacial score (nSPS) is 21.0. The van der Waals surface area contributed by atoms with Crippen molar-refractivity contribution in [2.24, 2.45) is 0 Å². The zero-order valence-electron chi connectivity index (χ0n) is 6.90. The Balaban J connectivity index is 2.43. The summed E-state index contributed by atoms with van der Waals surface area (Å²) in [6.45, 7) is 6.95. The first-order valence-corrected chi connectivity index (χ1v) is 3.79. The molecule has 1 atom stereocenters. The molecule has 0 aromatic rings. The van der Waals surface area contributed by atoms with E-state index in [1.165, 1.54) is 12.5 Å². The molecule has 0 N–H and O–H groups in total. The van der Waals surface area contributed by atoms with E-state index in [1.807, 2.05) is 18.2 Å². The lowest BCUT2D eigenvalue weighted by molar-refractivity contribution is 0.186. The molecule has 1 unspecified atom stereocenters. The number of ether oxygens (including phenoxy) is 2. The van der Waals surface area contributed by atoms with Crippen molar-refractivity contribution in [1.29, 1.82) is 0 Å². The molecule has 0 spiro atoms. The summed E-state index contributed by atoms with van der Waals surface area (Å²) in [6.07, 6.45) is 9.51. The molecule has 2 nitrogen and oxygen atoms in total. The monoisotopic (exact) mass is 164 g/mol. The lowest BCUT2D eigenvalue weighted by Crippen LogP contribution is -2.07. The van der Waals surface area contributed by atoms with E-state index in [1.54, 1.807) is 0 Å². The highest BCUT2D eigenvalue weighted by Crippen LogP contribution is 2.14. The second-order valence-corrected chi connectivity index (χ2v) is 2.33. The van der Waals surface area contributed by atoms with Crippen LogP contribution in [0.15, 0.2) is 49.7 Å². The fraction of sp³-hybridized carbons (Fsp3) is 0.200. The van der Waals surface area contributed by atoms with Gasteiger partial charge in [0.05, 0.1) is 12.5 Å². The maximum absolute atomic E-state index is 5.16. The molecule has 0 radical (unpaired) electrons. The highest BCUT2D eigenvalue weighted by Gasteiger charge is 2.07. The SMILES string of the molecule is C=COC1=CCC(OC=C)C=C1. The summed E-state index contributed by atoms with van der Waals surface area (Å²) in [5.74, 6) is 0.814. The van der Waals surface area contributed by atoms with Gasteiger partial charge in [-0.3, -0.25) is 0 Å². The summed E-state index contributed by atoms with van der Waals surface area (Å²) in [5, 5.41) is 0. The molecular weight excluding hydrogens is 152 g/mol. The van der Waals surface area contributed by atoms with Crippen molar-refractivity contribution in [1.82, 2.24) is 0 Å². The van der Waals surface area contributed by atoms with E-state index in [2.05, 4.69) is 13.2 Å². The first-order valence-electron chi connectivity index (χ1n) is 3.79. The van der Waals surface area contributed by atoms with Crippen LogP contribution < -0.4 is 0 Å². The van der Waals surface area contributed by atoms with Crippen LogP contribution in [0.1, 0.15) is 6.42 Å². The van der Waals surface area contributed by atoms with Crippen molar-refractivity contribution in [2.45, 2.75) is 12.5 Å². The van der Waals surface area contributed by atoms with Crippen LogP contribution in [-0.2, 0) is 9.47 Å². The zero-order chi connectivity index (χ0) is 8.81. The van der Waals surface area contributed by atoms with Crippen molar-refractivity contribution >= 4 is 0 Å². The molecule has 0 saturated heterocycles. The molecule has 1 aliphatic carbocycles. The Hall–Kier alpha value is -1.44. The first-order chi connectivity index (χ1) is 5.86. The molecule has 0 aromatic carbocycles. The Kier molecular flexibility index (Phi) is 3.20. The second-order valence-electron chi connectivity index (χ2n) is 2.33. The van der Waals surface area contributed by atoms with Crippen LogP contribution in [0.2, 0.25) is 0 Å². The van der Waals surface area contributed by atoms with Crippen molar-refractivity contribution < 1.29 is 9.47 Å². The van der Waals surface area contributed by atoms with Crippen molar-refractivity contribution in [2.75, 3.05) is 0 Å². The zero-order valence-corrected chi connectivity index (χ0v) is 6.90. The molecular formula is C10H12O2.